The molecular weight excluding hydrogens is 318 g/mol. The van der Waals surface area contributed by atoms with Gasteiger partial charge < -0.3 is 5.21 Å². The van der Waals surface area contributed by atoms with Crippen molar-refractivity contribution in [2.24, 2.45) is 5.16 Å². The van der Waals surface area contributed by atoms with Crippen LogP contribution < -0.4 is 0 Å². The van der Waals surface area contributed by atoms with Gasteiger partial charge in [-0.25, -0.2) is 9.97 Å². The first kappa shape index (κ1) is 14.7. The van der Waals surface area contributed by atoms with Crippen LogP contribution in [-0.4, -0.2) is 32.9 Å². The van der Waals surface area contributed by atoms with Crippen molar-refractivity contribution in [1.29, 1.82) is 0 Å². The van der Waals surface area contributed by atoms with E-state index in [2.05, 4.69) is 15.1 Å². The lowest BCUT2D eigenvalue weighted by atomic mass is 10.1. The highest BCUT2D eigenvalue weighted by atomic mass is 32.2. The second-order valence-corrected chi connectivity index (χ2v) is 6.20. The largest absolute Gasteiger partial charge is 0.410 e. The number of Topliss-reactive ketones (excluding diaryl/α,β-unsaturated/α-hetero) is 1. The summed E-state index contributed by atoms with van der Waals surface area (Å²) in [5.41, 5.74) is 1.23. The number of thioether (sulfide) groups is 1. The van der Waals surface area contributed by atoms with E-state index in [4.69, 9.17) is 0 Å². The smallest absolute Gasteiger partial charge is 0.216 e. The molecule has 0 saturated heterocycles. The Kier molecular flexibility index (Phi) is 4.17. The SMILES string of the molecule is CSc1ncnc2cc(C(=NO)C(=O)c3ccccc3)sc12. The fourth-order valence-electron chi connectivity index (χ4n) is 2.03. The van der Waals surface area contributed by atoms with Gasteiger partial charge in [-0.15, -0.1) is 23.1 Å². The monoisotopic (exact) mass is 329 g/mol. The minimum Gasteiger partial charge on any atom is -0.410 e. The Morgan fingerprint density at radius 1 is 1.27 bits per heavy atom. The number of carbonyl (C=O) groups excluding carboxylic acids is 1. The van der Waals surface area contributed by atoms with Crippen LogP contribution in [0.25, 0.3) is 10.2 Å². The van der Waals surface area contributed by atoms with Crippen molar-refractivity contribution >= 4 is 44.8 Å². The van der Waals surface area contributed by atoms with Gasteiger partial charge in [0.1, 0.15) is 11.4 Å². The van der Waals surface area contributed by atoms with Crippen LogP contribution in [0.2, 0.25) is 0 Å². The van der Waals surface area contributed by atoms with E-state index in [0.717, 1.165) is 15.2 Å². The fraction of sp³-hybridized carbons (Fsp3) is 0.0667. The highest BCUT2D eigenvalue weighted by molar-refractivity contribution is 7.98. The number of carbonyl (C=O) groups is 1. The fourth-order valence-corrected chi connectivity index (χ4v) is 3.82. The first-order chi connectivity index (χ1) is 10.7. The Bertz CT molecular complexity index is 860. The van der Waals surface area contributed by atoms with Crippen LogP contribution >= 0.6 is 23.1 Å². The van der Waals surface area contributed by atoms with Gasteiger partial charge >= 0.3 is 0 Å². The van der Waals surface area contributed by atoms with Gasteiger partial charge in [-0.3, -0.25) is 4.79 Å². The number of oxime groups is 1. The summed E-state index contributed by atoms with van der Waals surface area (Å²) in [5.74, 6) is -0.326. The number of fused-ring (bicyclic) bond motifs is 1. The number of thiophene rings is 1. The molecule has 2 aromatic heterocycles. The molecule has 0 fully saturated rings. The van der Waals surface area contributed by atoms with Gasteiger partial charge in [0.2, 0.25) is 5.78 Å². The number of ketones is 1. The van der Waals surface area contributed by atoms with Crippen molar-refractivity contribution in [1.82, 2.24) is 9.97 Å². The summed E-state index contributed by atoms with van der Waals surface area (Å²) in [6.07, 6.45) is 3.41. The zero-order chi connectivity index (χ0) is 15.5. The predicted molar refractivity (Wildman–Crippen MR) is 88.3 cm³/mol. The van der Waals surface area contributed by atoms with Crippen molar-refractivity contribution in [3.63, 3.8) is 0 Å². The van der Waals surface area contributed by atoms with Crippen LogP contribution in [-0.2, 0) is 0 Å². The molecule has 1 N–H and O–H groups in total. The van der Waals surface area contributed by atoms with Crippen LogP contribution in [0.4, 0.5) is 0 Å². The van der Waals surface area contributed by atoms with E-state index < -0.39 is 0 Å². The maximum Gasteiger partial charge on any atom is 0.216 e. The first-order valence-electron chi connectivity index (χ1n) is 6.35. The molecule has 2 heterocycles. The third-order valence-electron chi connectivity index (χ3n) is 3.06. The number of benzene rings is 1. The third-order valence-corrected chi connectivity index (χ3v) is 5.02. The molecule has 0 unspecified atom stereocenters. The van der Waals surface area contributed by atoms with Crippen molar-refractivity contribution in [3.8, 4) is 0 Å². The highest BCUT2D eigenvalue weighted by Gasteiger charge is 2.20. The van der Waals surface area contributed by atoms with Crippen molar-refractivity contribution in [3.05, 3.63) is 53.2 Å². The minimum atomic E-state index is -0.326. The summed E-state index contributed by atoms with van der Waals surface area (Å²) in [6.45, 7) is 0. The molecule has 0 spiro atoms. The van der Waals surface area contributed by atoms with Crippen molar-refractivity contribution in [2.45, 2.75) is 5.03 Å². The zero-order valence-electron chi connectivity index (χ0n) is 11.6. The lowest BCUT2D eigenvalue weighted by Gasteiger charge is -2.00. The maximum atomic E-state index is 12.5. The van der Waals surface area contributed by atoms with Crippen molar-refractivity contribution in [2.75, 3.05) is 6.26 Å². The molecular formula is C15H11N3O2S2. The molecule has 0 atom stereocenters. The van der Waals surface area contributed by atoms with E-state index in [0.29, 0.717) is 10.4 Å². The maximum absolute atomic E-state index is 12.5. The summed E-state index contributed by atoms with van der Waals surface area (Å²) >= 11 is 2.85. The Morgan fingerprint density at radius 3 is 2.73 bits per heavy atom. The predicted octanol–water partition coefficient (Wildman–Crippen LogP) is 3.47. The second-order valence-electron chi connectivity index (χ2n) is 4.35. The van der Waals surface area contributed by atoms with Gasteiger partial charge in [0.15, 0.2) is 5.71 Å². The number of hydrogen-bond acceptors (Lipinski definition) is 7. The molecule has 0 amide bonds. The Labute approximate surface area is 134 Å². The molecule has 0 aliphatic carbocycles. The minimum absolute atomic E-state index is 0.0150. The number of nitrogens with zero attached hydrogens (tertiary/aromatic N) is 3. The molecule has 0 aliphatic heterocycles. The van der Waals surface area contributed by atoms with E-state index in [-0.39, 0.29) is 11.5 Å². The van der Waals surface area contributed by atoms with E-state index in [1.165, 1.54) is 29.4 Å². The first-order valence-corrected chi connectivity index (χ1v) is 8.39. The van der Waals surface area contributed by atoms with Crippen LogP contribution in [0.15, 0.2) is 52.9 Å². The van der Waals surface area contributed by atoms with E-state index in [1.807, 2.05) is 12.3 Å². The van der Waals surface area contributed by atoms with Gasteiger partial charge in [0.05, 0.1) is 15.1 Å². The highest BCUT2D eigenvalue weighted by Crippen LogP contribution is 2.31. The average molecular weight is 329 g/mol. The Balaban J connectivity index is 2.07. The second kappa shape index (κ2) is 6.25. The number of hydrogen-bond donors (Lipinski definition) is 1. The van der Waals surface area contributed by atoms with E-state index in [9.17, 15) is 10.0 Å². The third kappa shape index (κ3) is 2.60. The van der Waals surface area contributed by atoms with Crippen LogP contribution in [0.3, 0.4) is 0 Å². The van der Waals surface area contributed by atoms with Gasteiger partial charge in [0.25, 0.3) is 0 Å². The van der Waals surface area contributed by atoms with Crippen LogP contribution in [0.1, 0.15) is 15.2 Å². The summed E-state index contributed by atoms with van der Waals surface area (Å²) in [7, 11) is 0. The molecule has 22 heavy (non-hydrogen) atoms. The summed E-state index contributed by atoms with van der Waals surface area (Å²) < 4.78 is 0.881. The molecule has 7 heteroatoms. The molecule has 0 aliphatic rings. The van der Waals surface area contributed by atoms with Gasteiger partial charge in [-0.1, -0.05) is 35.5 Å². The van der Waals surface area contributed by atoms with Crippen LogP contribution in [0, 0.1) is 0 Å². The number of aromatic nitrogens is 2. The van der Waals surface area contributed by atoms with Gasteiger partial charge in [0, 0.05) is 5.56 Å². The topological polar surface area (TPSA) is 75.4 Å². The molecule has 0 radical (unpaired) electrons. The molecule has 0 bridgehead atoms. The Hall–Kier alpha value is -2.25. The Morgan fingerprint density at radius 2 is 2.05 bits per heavy atom. The molecule has 5 nitrogen and oxygen atoms in total. The summed E-state index contributed by atoms with van der Waals surface area (Å²) in [4.78, 5) is 21.5. The summed E-state index contributed by atoms with van der Waals surface area (Å²) in [5, 5.41) is 13.3. The number of rotatable bonds is 4. The van der Waals surface area contributed by atoms with E-state index in [1.54, 1.807) is 30.3 Å². The van der Waals surface area contributed by atoms with Crippen LogP contribution in [0.5, 0.6) is 0 Å². The molecule has 110 valence electrons. The lowest BCUT2D eigenvalue weighted by Crippen LogP contribution is -2.14. The van der Waals surface area contributed by atoms with Crippen molar-refractivity contribution < 1.29 is 10.0 Å². The quantitative estimate of drug-likeness (QED) is 0.198. The normalized spacial score (nSPS) is 11.8. The molecule has 3 aromatic rings. The average Bonchev–Trinajstić information content (AvgIpc) is 2.99. The summed E-state index contributed by atoms with van der Waals surface area (Å²) in [6, 6.07) is 10.5. The molecule has 0 saturated carbocycles. The molecule has 1 aromatic carbocycles. The lowest BCUT2D eigenvalue weighted by molar-refractivity contribution is 0.106. The van der Waals surface area contributed by atoms with Gasteiger partial charge in [-0.05, 0) is 12.3 Å². The standard InChI is InChI=1S/C15H11N3O2S2/c1-21-15-14-10(16-8-17-15)7-11(22-14)12(18-20)13(19)9-5-3-2-4-6-9/h2-8,20H,1H3. The van der Waals surface area contributed by atoms with E-state index >= 15 is 0 Å². The zero-order valence-corrected chi connectivity index (χ0v) is 13.2. The molecule has 3 rings (SSSR count). The van der Waals surface area contributed by atoms with Gasteiger partial charge in [-0.2, -0.15) is 0 Å².